The highest BCUT2D eigenvalue weighted by Crippen LogP contribution is 2.20. The molecule has 0 bridgehead atoms. The molecule has 0 unspecified atom stereocenters. The van der Waals surface area contributed by atoms with E-state index in [0.717, 1.165) is 13.1 Å². The summed E-state index contributed by atoms with van der Waals surface area (Å²) in [6.07, 6.45) is 0. The fraction of sp³-hybridized carbons (Fsp3) is 0.533. The van der Waals surface area contributed by atoms with Gasteiger partial charge in [-0.2, -0.15) is 0 Å². The van der Waals surface area contributed by atoms with E-state index >= 15 is 0 Å². The Morgan fingerprint density at radius 1 is 1.39 bits per heavy atom. The summed E-state index contributed by atoms with van der Waals surface area (Å²) in [5.74, 6) is 0.703. The lowest BCUT2D eigenvalue weighted by atomic mass is 9.96. The first-order chi connectivity index (χ1) is 8.59. The number of aryl methyl sites for hydroxylation is 1. The molecule has 3 atom stereocenters. The van der Waals surface area contributed by atoms with Crippen LogP contribution in [0.5, 0.6) is 0 Å². The van der Waals surface area contributed by atoms with E-state index in [9.17, 15) is 4.79 Å². The number of carbonyl (C=O) groups is 1. The third-order valence-corrected chi connectivity index (χ3v) is 3.87. The summed E-state index contributed by atoms with van der Waals surface area (Å²) in [7, 11) is 0. The van der Waals surface area contributed by atoms with Gasteiger partial charge < -0.3 is 10.6 Å². The second-order valence-corrected chi connectivity index (χ2v) is 5.33. The number of benzene rings is 1. The largest absolute Gasteiger partial charge is 0.349 e. The van der Waals surface area contributed by atoms with E-state index in [1.165, 1.54) is 11.1 Å². The Morgan fingerprint density at radius 3 is 2.72 bits per heavy atom. The van der Waals surface area contributed by atoms with Crippen molar-refractivity contribution in [3.05, 3.63) is 35.4 Å². The quantitative estimate of drug-likeness (QED) is 0.857. The van der Waals surface area contributed by atoms with Gasteiger partial charge in [0.25, 0.3) is 0 Å². The Hall–Kier alpha value is -1.35. The zero-order valence-corrected chi connectivity index (χ0v) is 11.4. The summed E-state index contributed by atoms with van der Waals surface area (Å²) in [6.45, 7) is 8.00. The molecule has 98 valence electrons. The van der Waals surface area contributed by atoms with Crippen LogP contribution in [0.25, 0.3) is 0 Å². The Labute approximate surface area is 109 Å². The van der Waals surface area contributed by atoms with Gasteiger partial charge in [-0.1, -0.05) is 31.2 Å². The highest BCUT2D eigenvalue weighted by atomic mass is 16.2. The molecule has 0 radical (unpaired) electrons. The highest BCUT2D eigenvalue weighted by Gasteiger charge is 2.30. The van der Waals surface area contributed by atoms with Gasteiger partial charge in [0.1, 0.15) is 0 Å². The maximum Gasteiger partial charge on any atom is 0.225 e. The lowest BCUT2D eigenvalue weighted by Gasteiger charge is -2.20. The Bertz CT molecular complexity index is 430. The molecule has 0 saturated carbocycles. The first-order valence-corrected chi connectivity index (χ1v) is 6.66. The summed E-state index contributed by atoms with van der Waals surface area (Å²) in [6, 6.07) is 8.28. The molecular weight excluding hydrogens is 224 g/mol. The van der Waals surface area contributed by atoms with Gasteiger partial charge in [-0.05, 0) is 37.4 Å². The first kappa shape index (κ1) is 13.1. The van der Waals surface area contributed by atoms with Crippen molar-refractivity contribution in [2.24, 2.45) is 11.8 Å². The number of hydrogen-bond acceptors (Lipinski definition) is 2. The van der Waals surface area contributed by atoms with Crippen molar-refractivity contribution in [3.63, 3.8) is 0 Å². The van der Waals surface area contributed by atoms with E-state index in [2.05, 4.69) is 36.6 Å². The zero-order valence-electron chi connectivity index (χ0n) is 11.4. The Morgan fingerprint density at radius 2 is 2.11 bits per heavy atom. The van der Waals surface area contributed by atoms with E-state index in [0.29, 0.717) is 5.92 Å². The van der Waals surface area contributed by atoms with Crippen LogP contribution in [-0.4, -0.2) is 19.0 Å². The first-order valence-electron chi connectivity index (χ1n) is 6.66. The van der Waals surface area contributed by atoms with Crippen molar-refractivity contribution in [1.82, 2.24) is 10.6 Å². The number of amides is 1. The van der Waals surface area contributed by atoms with Crippen LogP contribution in [0.1, 0.15) is 31.0 Å². The molecule has 1 aromatic carbocycles. The predicted molar refractivity (Wildman–Crippen MR) is 73.3 cm³/mol. The van der Waals surface area contributed by atoms with Crippen molar-refractivity contribution in [3.8, 4) is 0 Å². The average Bonchev–Trinajstić information content (AvgIpc) is 2.76. The zero-order chi connectivity index (χ0) is 13.1. The lowest BCUT2D eigenvalue weighted by molar-refractivity contribution is -0.126. The summed E-state index contributed by atoms with van der Waals surface area (Å²) < 4.78 is 0. The van der Waals surface area contributed by atoms with E-state index in [-0.39, 0.29) is 17.9 Å². The number of rotatable bonds is 3. The summed E-state index contributed by atoms with van der Waals surface area (Å²) in [5.41, 5.74) is 2.42. The topological polar surface area (TPSA) is 41.1 Å². The van der Waals surface area contributed by atoms with Crippen molar-refractivity contribution in [1.29, 1.82) is 0 Å². The van der Waals surface area contributed by atoms with Crippen LogP contribution in [-0.2, 0) is 4.79 Å². The molecule has 1 aliphatic rings. The fourth-order valence-corrected chi connectivity index (χ4v) is 2.63. The van der Waals surface area contributed by atoms with Crippen LogP contribution in [0.3, 0.4) is 0 Å². The van der Waals surface area contributed by atoms with E-state index < -0.39 is 0 Å². The predicted octanol–water partition coefficient (Wildman–Crippen LogP) is 2.03. The van der Waals surface area contributed by atoms with Crippen LogP contribution in [0, 0.1) is 18.8 Å². The van der Waals surface area contributed by atoms with Gasteiger partial charge in [-0.25, -0.2) is 0 Å². The van der Waals surface area contributed by atoms with E-state index in [1.807, 2.05) is 19.1 Å². The van der Waals surface area contributed by atoms with Crippen molar-refractivity contribution < 1.29 is 4.79 Å². The minimum absolute atomic E-state index is 0.0755. The lowest BCUT2D eigenvalue weighted by Crippen LogP contribution is -2.36. The standard InChI is InChI=1S/C15H22N2O/c1-10-6-4-5-7-13(10)12(3)17-15(18)14-9-16-8-11(14)2/h4-7,11-12,14,16H,8-9H2,1-3H3,(H,17,18)/t11-,12+,14-/m1/s1. The molecule has 2 N–H and O–H groups in total. The third-order valence-electron chi connectivity index (χ3n) is 3.87. The van der Waals surface area contributed by atoms with Gasteiger partial charge in [0.05, 0.1) is 12.0 Å². The minimum Gasteiger partial charge on any atom is -0.349 e. The van der Waals surface area contributed by atoms with Gasteiger partial charge in [0.2, 0.25) is 5.91 Å². The van der Waals surface area contributed by atoms with Gasteiger partial charge >= 0.3 is 0 Å². The molecule has 1 saturated heterocycles. The molecule has 0 aliphatic carbocycles. The maximum atomic E-state index is 12.2. The average molecular weight is 246 g/mol. The molecule has 1 aliphatic heterocycles. The molecule has 1 heterocycles. The van der Waals surface area contributed by atoms with Crippen LogP contribution in [0.15, 0.2) is 24.3 Å². The molecule has 18 heavy (non-hydrogen) atoms. The van der Waals surface area contributed by atoms with Crippen molar-refractivity contribution in [2.45, 2.75) is 26.8 Å². The highest BCUT2D eigenvalue weighted by molar-refractivity contribution is 5.80. The van der Waals surface area contributed by atoms with Crippen molar-refractivity contribution >= 4 is 5.91 Å². The molecule has 1 amide bonds. The SMILES string of the molecule is Cc1ccccc1[C@H](C)NC(=O)[C@@H]1CNC[C@H]1C. The molecule has 3 nitrogen and oxygen atoms in total. The molecule has 1 aromatic rings. The molecule has 0 spiro atoms. The van der Waals surface area contributed by atoms with Gasteiger partial charge in [-0.15, -0.1) is 0 Å². The number of carbonyl (C=O) groups excluding carboxylic acids is 1. The molecule has 3 heteroatoms. The molecular formula is C15H22N2O. The maximum absolute atomic E-state index is 12.2. The number of hydrogen-bond donors (Lipinski definition) is 2. The fourth-order valence-electron chi connectivity index (χ4n) is 2.63. The Balaban J connectivity index is 2.01. The monoisotopic (exact) mass is 246 g/mol. The van der Waals surface area contributed by atoms with Crippen LogP contribution in [0.4, 0.5) is 0 Å². The van der Waals surface area contributed by atoms with E-state index in [1.54, 1.807) is 0 Å². The van der Waals surface area contributed by atoms with Crippen molar-refractivity contribution in [2.75, 3.05) is 13.1 Å². The van der Waals surface area contributed by atoms with Crippen LogP contribution >= 0.6 is 0 Å². The van der Waals surface area contributed by atoms with Gasteiger partial charge in [0.15, 0.2) is 0 Å². The molecule has 1 fully saturated rings. The van der Waals surface area contributed by atoms with Gasteiger partial charge in [-0.3, -0.25) is 4.79 Å². The molecule has 2 rings (SSSR count). The minimum atomic E-state index is 0.0755. The molecule has 0 aromatic heterocycles. The van der Waals surface area contributed by atoms with E-state index in [4.69, 9.17) is 0 Å². The summed E-state index contributed by atoms with van der Waals surface area (Å²) >= 11 is 0. The summed E-state index contributed by atoms with van der Waals surface area (Å²) in [5, 5.41) is 6.40. The van der Waals surface area contributed by atoms with Crippen LogP contribution < -0.4 is 10.6 Å². The normalized spacial score (nSPS) is 24.8. The smallest absolute Gasteiger partial charge is 0.225 e. The van der Waals surface area contributed by atoms with Crippen LogP contribution in [0.2, 0.25) is 0 Å². The number of nitrogens with one attached hydrogen (secondary N) is 2. The second kappa shape index (κ2) is 5.53. The summed E-state index contributed by atoms with van der Waals surface area (Å²) in [4.78, 5) is 12.2. The third kappa shape index (κ3) is 2.72. The van der Waals surface area contributed by atoms with Gasteiger partial charge in [0, 0.05) is 6.54 Å². The second-order valence-electron chi connectivity index (χ2n) is 5.33. The Kier molecular flexibility index (Phi) is 4.02.